The molecule has 4 aromatic rings. The van der Waals surface area contributed by atoms with Crippen LogP contribution in [0.25, 0.3) is 33.8 Å². The SMILES string of the molecule is Cc1c(-c2ccc(C(N)=O)c3c2C=CC3)cccc1-n1cnc2ccccc2c1=O. The summed E-state index contributed by atoms with van der Waals surface area (Å²) in [7, 11) is 0. The maximum atomic E-state index is 13.1. The predicted molar refractivity (Wildman–Crippen MR) is 119 cm³/mol. The van der Waals surface area contributed by atoms with Gasteiger partial charge in [0.15, 0.2) is 0 Å². The van der Waals surface area contributed by atoms with Crippen LogP contribution in [-0.4, -0.2) is 15.5 Å². The molecular formula is C25H19N3O2. The molecule has 5 rings (SSSR count). The lowest BCUT2D eigenvalue weighted by Gasteiger charge is -2.17. The van der Waals surface area contributed by atoms with Crippen molar-refractivity contribution in [2.45, 2.75) is 13.3 Å². The van der Waals surface area contributed by atoms with Crippen molar-refractivity contribution < 1.29 is 4.79 Å². The van der Waals surface area contributed by atoms with Gasteiger partial charge in [-0.15, -0.1) is 0 Å². The summed E-state index contributed by atoms with van der Waals surface area (Å²) >= 11 is 0. The van der Waals surface area contributed by atoms with Crippen LogP contribution in [0.3, 0.4) is 0 Å². The van der Waals surface area contributed by atoms with Crippen LogP contribution in [0.15, 0.2) is 71.8 Å². The second-order valence-corrected chi connectivity index (χ2v) is 7.41. The molecule has 3 aromatic carbocycles. The van der Waals surface area contributed by atoms with Crippen LogP contribution in [0.2, 0.25) is 0 Å². The Morgan fingerprint density at radius 1 is 1.03 bits per heavy atom. The molecule has 0 spiro atoms. The van der Waals surface area contributed by atoms with Crippen molar-refractivity contribution >= 4 is 22.9 Å². The number of benzene rings is 3. The van der Waals surface area contributed by atoms with Gasteiger partial charge in [0.2, 0.25) is 5.91 Å². The highest BCUT2D eigenvalue weighted by Crippen LogP contribution is 2.36. The number of fused-ring (bicyclic) bond motifs is 2. The third-order valence-corrected chi connectivity index (χ3v) is 5.75. The van der Waals surface area contributed by atoms with Crippen molar-refractivity contribution in [3.8, 4) is 16.8 Å². The van der Waals surface area contributed by atoms with Gasteiger partial charge in [-0.25, -0.2) is 4.98 Å². The van der Waals surface area contributed by atoms with E-state index in [9.17, 15) is 9.59 Å². The molecule has 0 saturated heterocycles. The number of rotatable bonds is 3. The minimum Gasteiger partial charge on any atom is -0.366 e. The molecule has 1 amide bonds. The Balaban J connectivity index is 1.72. The number of para-hydroxylation sites is 1. The summed E-state index contributed by atoms with van der Waals surface area (Å²) in [5, 5.41) is 0.583. The summed E-state index contributed by atoms with van der Waals surface area (Å²) in [6.07, 6.45) is 6.34. The van der Waals surface area contributed by atoms with Gasteiger partial charge in [-0.3, -0.25) is 14.2 Å². The Kier molecular flexibility index (Phi) is 4.10. The van der Waals surface area contributed by atoms with Crippen LogP contribution in [0, 0.1) is 6.92 Å². The van der Waals surface area contributed by atoms with E-state index in [4.69, 9.17) is 5.73 Å². The number of aromatic nitrogens is 2. The molecule has 5 heteroatoms. The normalized spacial score (nSPS) is 12.3. The number of nitrogens with two attached hydrogens (primary N) is 1. The van der Waals surface area contributed by atoms with Crippen molar-refractivity contribution in [1.82, 2.24) is 9.55 Å². The summed E-state index contributed by atoms with van der Waals surface area (Å²) in [4.78, 5) is 29.4. The lowest BCUT2D eigenvalue weighted by atomic mass is 9.90. The quantitative estimate of drug-likeness (QED) is 0.571. The van der Waals surface area contributed by atoms with Gasteiger partial charge in [0.25, 0.3) is 5.56 Å². The Labute approximate surface area is 173 Å². The first-order chi connectivity index (χ1) is 14.6. The summed E-state index contributed by atoms with van der Waals surface area (Å²) in [6.45, 7) is 2.00. The number of hydrogen-bond acceptors (Lipinski definition) is 3. The lowest BCUT2D eigenvalue weighted by Crippen LogP contribution is -2.19. The van der Waals surface area contributed by atoms with Gasteiger partial charge >= 0.3 is 0 Å². The van der Waals surface area contributed by atoms with Crippen molar-refractivity contribution in [3.05, 3.63) is 99.6 Å². The number of allylic oxidation sites excluding steroid dienone is 1. The van der Waals surface area contributed by atoms with Crippen LogP contribution in [0.5, 0.6) is 0 Å². The number of primary amides is 1. The van der Waals surface area contributed by atoms with E-state index in [1.54, 1.807) is 23.0 Å². The molecule has 1 aromatic heterocycles. The first kappa shape index (κ1) is 18.1. The fourth-order valence-electron chi connectivity index (χ4n) is 4.25. The summed E-state index contributed by atoms with van der Waals surface area (Å²) in [6, 6.07) is 17.0. The molecule has 5 nitrogen and oxygen atoms in total. The van der Waals surface area contributed by atoms with Crippen molar-refractivity contribution in [3.63, 3.8) is 0 Å². The molecule has 1 aliphatic carbocycles. The summed E-state index contributed by atoms with van der Waals surface area (Å²) < 4.78 is 1.59. The van der Waals surface area contributed by atoms with Crippen molar-refractivity contribution in [2.24, 2.45) is 5.73 Å². The molecule has 0 unspecified atom stereocenters. The fraction of sp³-hybridized carbons (Fsp3) is 0.0800. The Morgan fingerprint density at radius 2 is 1.87 bits per heavy atom. The van der Waals surface area contributed by atoms with Gasteiger partial charge in [-0.05, 0) is 65.4 Å². The zero-order chi connectivity index (χ0) is 20.8. The number of amides is 1. The number of nitrogens with zero attached hydrogens (tertiary/aromatic N) is 2. The highest BCUT2D eigenvalue weighted by molar-refractivity contribution is 5.98. The van der Waals surface area contributed by atoms with Crippen LogP contribution in [-0.2, 0) is 6.42 Å². The largest absolute Gasteiger partial charge is 0.366 e. The van der Waals surface area contributed by atoms with E-state index in [0.29, 0.717) is 22.9 Å². The van der Waals surface area contributed by atoms with E-state index >= 15 is 0 Å². The molecule has 0 bridgehead atoms. The number of hydrogen-bond donors (Lipinski definition) is 1. The van der Waals surface area contributed by atoms with Gasteiger partial charge in [-0.2, -0.15) is 0 Å². The minimum absolute atomic E-state index is 0.102. The van der Waals surface area contributed by atoms with Gasteiger partial charge in [0, 0.05) is 5.56 Å². The fourth-order valence-corrected chi connectivity index (χ4v) is 4.25. The first-order valence-corrected chi connectivity index (χ1v) is 9.75. The Morgan fingerprint density at radius 3 is 2.70 bits per heavy atom. The second-order valence-electron chi connectivity index (χ2n) is 7.41. The molecule has 1 heterocycles. The lowest BCUT2D eigenvalue weighted by molar-refractivity contribution is 0.0999. The molecule has 0 fully saturated rings. The van der Waals surface area contributed by atoms with Crippen molar-refractivity contribution in [1.29, 1.82) is 0 Å². The average molecular weight is 393 g/mol. The van der Waals surface area contributed by atoms with E-state index in [1.165, 1.54) is 0 Å². The standard InChI is InChI=1S/C25H19N3O2/c1-15-16(19-12-13-20(24(26)29)18-9-4-8-17(18)19)7-5-11-23(15)28-14-27-22-10-3-2-6-21(22)25(28)30/h2-8,10-14H,9H2,1H3,(H2,26,29). The topological polar surface area (TPSA) is 78.0 Å². The third-order valence-electron chi connectivity index (χ3n) is 5.75. The van der Waals surface area contributed by atoms with E-state index in [1.807, 2.05) is 61.5 Å². The zero-order valence-corrected chi connectivity index (χ0v) is 16.4. The molecule has 0 saturated carbocycles. The van der Waals surface area contributed by atoms with Gasteiger partial charge in [-0.1, -0.05) is 42.5 Å². The molecule has 0 aliphatic heterocycles. The average Bonchev–Trinajstić information content (AvgIpc) is 3.24. The Bertz CT molecular complexity index is 1430. The maximum Gasteiger partial charge on any atom is 0.265 e. The molecular weight excluding hydrogens is 374 g/mol. The van der Waals surface area contributed by atoms with Crippen LogP contribution < -0.4 is 11.3 Å². The first-order valence-electron chi connectivity index (χ1n) is 9.75. The molecule has 30 heavy (non-hydrogen) atoms. The zero-order valence-electron chi connectivity index (χ0n) is 16.4. The number of carbonyl (C=O) groups is 1. The summed E-state index contributed by atoms with van der Waals surface area (Å²) in [5.41, 5.74) is 12.4. The molecule has 2 N–H and O–H groups in total. The van der Waals surface area contributed by atoms with Gasteiger partial charge in [0.1, 0.15) is 6.33 Å². The number of carbonyl (C=O) groups excluding carboxylic acids is 1. The second kappa shape index (κ2) is 6.81. The van der Waals surface area contributed by atoms with Crippen LogP contribution in [0.1, 0.15) is 27.0 Å². The predicted octanol–water partition coefficient (Wildman–Crippen LogP) is 4.03. The van der Waals surface area contributed by atoms with Crippen LogP contribution in [0.4, 0.5) is 0 Å². The summed E-state index contributed by atoms with van der Waals surface area (Å²) in [5.74, 6) is -0.416. The molecule has 146 valence electrons. The van der Waals surface area contributed by atoms with Crippen LogP contribution >= 0.6 is 0 Å². The molecule has 1 aliphatic rings. The highest BCUT2D eigenvalue weighted by Gasteiger charge is 2.20. The van der Waals surface area contributed by atoms with Gasteiger partial charge < -0.3 is 5.73 Å². The van der Waals surface area contributed by atoms with Gasteiger partial charge in [0.05, 0.1) is 16.6 Å². The van der Waals surface area contributed by atoms with E-state index < -0.39 is 5.91 Å². The smallest absolute Gasteiger partial charge is 0.265 e. The van der Waals surface area contributed by atoms with E-state index in [2.05, 4.69) is 4.98 Å². The monoisotopic (exact) mass is 393 g/mol. The molecule has 0 atom stereocenters. The third kappa shape index (κ3) is 2.67. The minimum atomic E-state index is -0.416. The Hall–Kier alpha value is -3.99. The van der Waals surface area contributed by atoms with E-state index in [0.717, 1.165) is 33.5 Å². The highest BCUT2D eigenvalue weighted by atomic mass is 16.1. The molecule has 0 radical (unpaired) electrons. The van der Waals surface area contributed by atoms with Crippen molar-refractivity contribution in [2.75, 3.05) is 0 Å². The maximum absolute atomic E-state index is 13.1. The van der Waals surface area contributed by atoms with E-state index in [-0.39, 0.29) is 5.56 Å².